The summed E-state index contributed by atoms with van der Waals surface area (Å²) in [5.41, 5.74) is 5.26. The molecule has 2 aromatic rings. The molecule has 3 nitrogen and oxygen atoms in total. The van der Waals surface area contributed by atoms with Gasteiger partial charge < -0.3 is 9.88 Å². The molecule has 0 bridgehead atoms. The van der Waals surface area contributed by atoms with Gasteiger partial charge in [-0.25, -0.2) is 4.98 Å². The molecule has 0 radical (unpaired) electrons. The maximum absolute atomic E-state index is 4.32. The molecule has 0 unspecified atom stereocenters. The highest BCUT2D eigenvalue weighted by Gasteiger charge is 2.20. The minimum Gasteiger partial charge on any atom is -0.385 e. The molecule has 0 spiro atoms. The topological polar surface area (TPSA) is 29.9 Å². The normalized spacial score (nSPS) is 14.9. The number of imidazole rings is 1. The number of benzene rings is 1. The standard InChI is InChI=1S/C16H21N3/c1-16(2,3)15-10-17-11-19(15)13-6-7-14-12(9-13)5-4-8-18-14/h6-7,9-11,18H,4-5,8H2,1-3H3. The molecule has 1 aromatic carbocycles. The third-order valence-electron chi connectivity index (χ3n) is 3.71. The van der Waals surface area contributed by atoms with E-state index in [1.54, 1.807) is 0 Å². The number of hydrogen-bond acceptors (Lipinski definition) is 2. The fourth-order valence-electron chi connectivity index (χ4n) is 2.67. The Hall–Kier alpha value is -1.77. The van der Waals surface area contributed by atoms with Gasteiger partial charge in [0.05, 0.1) is 6.33 Å². The second-order valence-corrected chi connectivity index (χ2v) is 6.27. The number of fused-ring (bicyclic) bond motifs is 1. The predicted octanol–water partition coefficient (Wildman–Crippen LogP) is 3.53. The Morgan fingerprint density at radius 3 is 2.89 bits per heavy atom. The summed E-state index contributed by atoms with van der Waals surface area (Å²) in [7, 11) is 0. The Morgan fingerprint density at radius 1 is 1.26 bits per heavy atom. The largest absolute Gasteiger partial charge is 0.385 e. The van der Waals surface area contributed by atoms with Crippen molar-refractivity contribution in [2.45, 2.75) is 39.0 Å². The summed E-state index contributed by atoms with van der Waals surface area (Å²) < 4.78 is 2.20. The summed E-state index contributed by atoms with van der Waals surface area (Å²) in [6.45, 7) is 7.76. The SMILES string of the molecule is CC(C)(C)c1cncn1-c1ccc2c(c1)CCCN2. The summed E-state index contributed by atoms with van der Waals surface area (Å²) in [5.74, 6) is 0. The summed E-state index contributed by atoms with van der Waals surface area (Å²) in [6, 6.07) is 6.66. The van der Waals surface area contributed by atoms with Crippen LogP contribution in [-0.2, 0) is 11.8 Å². The zero-order chi connectivity index (χ0) is 13.5. The summed E-state index contributed by atoms with van der Waals surface area (Å²) in [5, 5.41) is 3.46. The van der Waals surface area contributed by atoms with Gasteiger partial charge in [0.25, 0.3) is 0 Å². The monoisotopic (exact) mass is 255 g/mol. The molecule has 1 aliphatic heterocycles. The zero-order valence-electron chi connectivity index (χ0n) is 11.9. The highest BCUT2D eigenvalue weighted by Crippen LogP contribution is 2.28. The van der Waals surface area contributed by atoms with Crippen LogP contribution in [-0.4, -0.2) is 16.1 Å². The van der Waals surface area contributed by atoms with E-state index in [0.717, 1.165) is 13.0 Å². The molecule has 1 aromatic heterocycles. The zero-order valence-corrected chi connectivity index (χ0v) is 11.9. The lowest BCUT2D eigenvalue weighted by atomic mass is 9.92. The lowest BCUT2D eigenvalue weighted by Gasteiger charge is -2.23. The van der Waals surface area contributed by atoms with Gasteiger partial charge in [-0.05, 0) is 36.6 Å². The molecule has 3 rings (SSSR count). The van der Waals surface area contributed by atoms with E-state index in [2.05, 4.69) is 53.8 Å². The molecule has 19 heavy (non-hydrogen) atoms. The molecule has 0 fully saturated rings. The molecule has 100 valence electrons. The Morgan fingerprint density at radius 2 is 2.11 bits per heavy atom. The third-order valence-corrected chi connectivity index (χ3v) is 3.71. The van der Waals surface area contributed by atoms with Crippen molar-refractivity contribution in [3.63, 3.8) is 0 Å². The molecule has 2 heterocycles. The maximum atomic E-state index is 4.32. The van der Waals surface area contributed by atoms with Crippen LogP contribution in [0.25, 0.3) is 5.69 Å². The van der Waals surface area contributed by atoms with Crippen molar-refractivity contribution in [3.8, 4) is 5.69 Å². The molecule has 0 amide bonds. The van der Waals surface area contributed by atoms with Crippen molar-refractivity contribution in [1.29, 1.82) is 0 Å². The summed E-state index contributed by atoms with van der Waals surface area (Å²) >= 11 is 0. The Labute approximate surface area is 114 Å². The van der Waals surface area contributed by atoms with Crippen LogP contribution < -0.4 is 5.32 Å². The molecule has 0 saturated heterocycles. The number of rotatable bonds is 1. The quantitative estimate of drug-likeness (QED) is 0.845. The van der Waals surface area contributed by atoms with E-state index in [0.29, 0.717) is 0 Å². The first-order chi connectivity index (χ1) is 9.05. The number of hydrogen-bond donors (Lipinski definition) is 1. The maximum Gasteiger partial charge on any atom is 0.0994 e. The highest BCUT2D eigenvalue weighted by atomic mass is 15.1. The van der Waals surface area contributed by atoms with Crippen LogP contribution in [0.15, 0.2) is 30.7 Å². The minimum absolute atomic E-state index is 0.102. The molecular weight excluding hydrogens is 234 g/mol. The van der Waals surface area contributed by atoms with Gasteiger partial charge in [-0.1, -0.05) is 20.8 Å². The second-order valence-electron chi connectivity index (χ2n) is 6.27. The van der Waals surface area contributed by atoms with Crippen molar-refractivity contribution < 1.29 is 0 Å². The molecule has 1 aliphatic rings. The van der Waals surface area contributed by atoms with Gasteiger partial charge in [-0.3, -0.25) is 0 Å². The average Bonchev–Trinajstić information content (AvgIpc) is 2.87. The van der Waals surface area contributed by atoms with Gasteiger partial charge in [-0.15, -0.1) is 0 Å². The molecular formula is C16H21N3. The number of nitrogens with zero attached hydrogens (tertiary/aromatic N) is 2. The first-order valence-corrected chi connectivity index (χ1v) is 6.96. The van der Waals surface area contributed by atoms with E-state index >= 15 is 0 Å². The van der Waals surface area contributed by atoms with E-state index in [9.17, 15) is 0 Å². The van der Waals surface area contributed by atoms with Gasteiger partial charge in [0.15, 0.2) is 0 Å². The fourth-order valence-corrected chi connectivity index (χ4v) is 2.67. The van der Waals surface area contributed by atoms with Gasteiger partial charge in [-0.2, -0.15) is 0 Å². The molecule has 3 heteroatoms. The lowest BCUT2D eigenvalue weighted by Crippen LogP contribution is -2.17. The van der Waals surface area contributed by atoms with Gasteiger partial charge >= 0.3 is 0 Å². The number of aromatic nitrogens is 2. The lowest BCUT2D eigenvalue weighted by molar-refractivity contribution is 0.556. The van der Waals surface area contributed by atoms with E-state index in [1.165, 1.54) is 29.1 Å². The minimum atomic E-state index is 0.102. The van der Waals surface area contributed by atoms with Crippen LogP contribution in [0.4, 0.5) is 5.69 Å². The van der Waals surface area contributed by atoms with Crippen molar-refractivity contribution in [2.75, 3.05) is 11.9 Å². The Balaban J connectivity index is 2.06. The van der Waals surface area contributed by atoms with Crippen molar-refractivity contribution >= 4 is 5.69 Å². The van der Waals surface area contributed by atoms with E-state index < -0.39 is 0 Å². The van der Waals surface area contributed by atoms with E-state index in [-0.39, 0.29) is 5.41 Å². The van der Waals surface area contributed by atoms with Crippen LogP contribution >= 0.6 is 0 Å². The average molecular weight is 255 g/mol. The van der Waals surface area contributed by atoms with Gasteiger partial charge in [0, 0.05) is 35.2 Å². The van der Waals surface area contributed by atoms with Crippen molar-refractivity contribution in [3.05, 3.63) is 42.0 Å². The fraction of sp³-hybridized carbons (Fsp3) is 0.438. The second kappa shape index (κ2) is 4.41. The Kier molecular flexibility index (Phi) is 2.85. The van der Waals surface area contributed by atoms with Crippen LogP contribution in [0.1, 0.15) is 38.4 Å². The smallest absolute Gasteiger partial charge is 0.0994 e. The van der Waals surface area contributed by atoms with E-state index in [4.69, 9.17) is 0 Å². The highest BCUT2D eigenvalue weighted by molar-refractivity contribution is 5.57. The number of aryl methyl sites for hydroxylation is 1. The van der Waals surface area contributed by atoms with E-state index in [1.807, 2.05) is 12.5 Å². The number of nitrogens with one attached hydrogen (secondary N) is 1. The molecule has 0 aliphatic carbocycles. The Bertz CT molecular complexity index is 590. The molecule has 0 atom stereocenters. The van der Waals surface area contributed by atoms with Crippen LogP contribution in [0.2, 0.25) is 0 Å². The first kappa shape index (κ1) is 12.3. The number of anilines is 1. The van der Waals surface area contributed by atoms with Crippen LogP contribution in [0.5, 0.6) is 0 Å². The van der Waals surface area contributed by atoms with Gasteiger partial charge in [0.2, 0.25) is 0 Å². The predicted molar refractivity (Wildman–Crippen MR) is 79.1 cm³/mol. The molecule has 0 saturated carbocycles. The van der Waals surface area contributed by atoms with Crippen molar-refractivity contribution in [1.82, 2.24) is 9.55 Å². The summed E-state index contributed by atoms with van der Waals surface area (Å²) in [6.07, 6.45) is 6.26. The molecule has 1 N–H and O–H groups in total. The van der Waals surface area contributed by atoms with Crippen LogP contribution in [0.3, 0.4) is 0 Å². The first-order valence-electron chi connectivity index (χ1n) is 6.96. The van der Waals surface area contributed by atoms with Gasteiger partial charge in [0.1, 0.15) is 0 Å². The van der Waals surface area contributed by atoms with Crippen molar-refractivity contribution in [2.24, 2.45) is 0 Å². The third kappa shape index (κ3) is 2.25. The van der Waals surface area contributed by atoms with Crippen LogP contribution in [0, 0.1) is 0 Å². The summed E-state index contributed by atoms with van der Waals surface area (Å²) in [4.78, 5) is 4.32.